The van der Waals surface area contributed by atoms with Crippen LogP contribution in [0.4, 0.5) is 5.69 Å². The largest absolute Gasteiger partial charge is 0.324 e. The van der Waals surface area contributed by atoms with E-state index in [9.17, 15) is 4.79 Å². The van der Waals surface area contributed by atoms with Gasteiger partial charge in [-0.3, -0.25) is 4.79 Å². The SMILES string of the molecule is Cc1ccc(C2(C(=O)Nc3ccc(Cl)cc3Cl)CC2)cc1. The third-order valence-corrected chi connectivity index (χ3v) is 4.52. The fourth-order valence-electron chi connectivity index (χ4n) is 2.48. The van der Waals surface area contributed by atoms with Crippen LogP contribution >= 0.6 is 23.2 Å². The maximum Gasteiger partial charge on any atom is 0.235 e. The summed E-state index contributed by atoms with van der Waals surface area (Å²) in [6.45, 7) is 2.04. The smallest absolute Gasteiger partial charge is 0.235 e. The van der Waals surface area contributed by atoms with E-state index in [1.165, 1.54) is 5.56 Å². The zero-order valence-corrected chi connectivity index (χ0v) is 13.1. The summed E-state index contributed by atoms with van der Waals surface area (Å²) in [5.74, 6) is -0.00410. The van der Waals surface area contributed by atoms with Gasteiger partial charge in [0.1, 0.15) is 0 Å². The van der Waals surface area contributed by atoms with Gasteiger partial charge in [-0.25, -0.2) is 0 Å². The number of rotatable bonds is 3. The Morgan fingerprint density at radius 1 is 1.10 bits per heavy atom. The average Bonchev–Trinajstić information content (AvgIpc) is 3.24. The van der Waals surface area contributed by atoms with E-state index in [1.807, 2.05) is 31.2 Å². The number of aryl methyl sites for hydroxylation is 1. The van der Waals surface area contributed by atoms with Crippen molar-refractivity contribution in [3.63, 3.8) is 0 Å². The van der Waals surface area contributed by atoms with E-state index in [2.05, 4.69) is 5.32 Å². The summed E-state index contributed by atoms with van der Waals surface area (Å²) in [6.07, 6.45) is 1.74. The third kappa shape index (κ3) is 2.78. The number of halogens is 2. The number of nitrogens with one attached hydrogen (secondary N) is 1. The molecule has 1 amide bonds. The zero-order valence-electron chi connectivity index (χ0n) is 11.6. The molecule has 108 valence electrons. The molecule has 2 nitrogen and oxygen atoms in total. The molecule has 0 radical (unpaired) electrons. The van der Waals surface area contributed by atoms with Crippen LogP contribution in [0, 0.1) is 6.92 Å². The molecule has 4 heteroatoms. The first-order valence-electron chi connectivity index (χ1n) is 6.85. The lowest BCUT2D eigenvalue weighted by atomic mass is 9.94. The summed E-state index contributed by atoms with van der Waals surface area (Å²) >= 11 is 12.0. The lowest BCUT2D eigenvalue weighted by Gasteiger charge is -2.17. The van der Waals surface area contributed by atoms with Crippen LogP contribution in [0.1, 0.15) is 24.0 Å². The van der Waals surface area contributed by atoms with Crippen molar-refractivity contribution in [2.45, 2.75) is 25.2 Å². The molecule has 0 bridgehead atoms. The molecule has 1 saturated carbocycles. The maximum atomic E-state index is 12.6. The lowest BCUT2D eigenvalue weighted by Crippen LogP contribution is -2.27. The highest BCUT2D eigenvalue weighted by Gasteiger charge is 2.51. The molecule has 0 aliphatic heterocycles. The van der Waals surface area contributed by atoms with Gasteiger partial charge in [0.25, 0.3) is 0 Å². The minimum absolute atomic E-state index is 0.00410. The van der Waals surface area contributed by atoms with Crippen molar-refractivity contribution < 1.29 is 4.79 Å². The molecule has 21 heavy (non-hydrogen) atoms. The molecule has 0 spiro atoms. The Balaban J connectivity index is 1.83. The van der Waals surface area contributed by atoms with Crippen molar-refractivity contribution in [1.82, 2.24) is 0 Å². The minimum atomic E-state index is -0.406. The molecule has 0 saturated heterocycles. The van der Waals surface area contributed by atoms with Gasteiger partial charge in [-0.2, -0.15) is 0 Å². The summed E-state index contributed by atoms with van der Waals surface area (Å²) in [5, 5.41) is 3.93. The van der Waals surface area contributed by atoms with Gasteiger partial charge in [-0.15, -0.1) is 0 Å². The van der Waals surface area contributed by atoms with Gasteiger partial charge in [-0.05, 0) is 43.5 Å². The summed E-state index contributed by atoms with van der Waals surface area (Å²) < 4.78 is 0. The highest BCUT2D eigenvalue weighted by atomic mass is 35.5. The molecule has 1 N–H and O–H groups in total. The lowest BCUT2D eigenvalue weighted by molar-refractivity contribution is -0.118. The van der Waals surface area contributed by atoms with Crippen LogP contribution in [0.3, 0.4) is 0 Å². The van der Waals surface area contributed by atoms with E-state index in [4.69, 9.17) is 23.2 Å². The molecular formula is C17H15Cl2NO. The van der Waals surface area contributed by atoms with Gasteiger partial charge in [0.2, 0.25) is 5.91 Å². The van der Waals surface area contributed by atoms with Gasteiger partial charge in [-0.1, -0.05) is 53.0 Å². The van der Waals surface area contributed by atoms with Crippen molar-refractivity contribution in [2.24, 2.45) is 0 Å². The second kappa shape index (κ2) is 5.36. The molecule has 0 unspecified atom stereocenters. The van der Waals surface area contributed by atoms with E-state index in [0.717, 1.165) is 18.4 Å². The van der Waals surface area contributed by atoms with Gasteiger partial charge in [0, 0.05) is 5.02 Å². The second-order valence-electron chi connectivity index (χ2n) is 5.53. The Morgan fingerprint density at radius 3 is 2.33 bits per heavy atom. The first-order valence-corrected chi connectivity index (χ1v) is 7.60. The standard InChI is InChI=1S/C17H15Cl2NO/c1-11-2-4-12(5-3-11)17(8-9-17)16(21)20-15-7-6-13(18)10-14(15)19/h2-7,10H,8-9H2,1H3,(H,20,21). The molecule has 1 fully saturated rings. The fourth-order valence-corrected chi connectivity index (χ4v) is 2.93. The summed E-state index contributed by atoms with van der Waals surface area (Å²) in [4.78, 5) is 12.6. The van der Waals surface area contributed by atoms with E-state index in [-0.39, 0.29) is 5.91 Å². The quantitative estimate of drug-likeness (QED) is 0.850. The van der Waals surface area contributed by atoms with E-state index < -0.39 is 5.41 Å². The Hall–Kier alpha value is -1.51. The van der Waals surface area contributed by atoms with Gasteiger partial charge >= 0.3 is 0 Å². The first-order chi connectivity index (χ1) is 10.0. The number of benzene rings is 2. The van der Waals surface area contributed by atoms with Gasteiger partial charge in [0.05, 0.1) is 16.1 Å². The maximum absolute atomic E-state index is 12.6. The van der Waals surface area contributed by atoms with Crippen molar-refractivity contribution in [3.05, 3.63) is 63.6 Å². The normalized spacial score (nSPS) is 15.6. The molecular weight excluding hydrogens is 305 g/mol. The average molecular weight is 320 g/mol. The molecule has 3 rings (SSSR count). The molecule has 0 aromatic heterocycles. The van der Waals surface area contributed by atoms with Crippen molar-refractivity contribution in [2.75, 3.05) is 5.32 Å². The molecule has 1 aliphatic carbocycles. The second-order valence-corrected chi connectivity index (χ2v) is 6.37. The molecule has 2 aromatic carbocycles. The highest BCUT2D eigenvalue weighted by Crippen LogP contribution is 2.49. The number of carbonyl (C=O) groups is 1. The number of carbonyl (C=O) groups excluding carboxylic acids is 1. The molecule has 0 heterocycles. The van der Waals surface area contributed by atoms with Crippen LogP contribution in [-0.4, -0.2) is 5.91 Å². The molecule has 1 aliphatic rings. The predicted molar refractivity (Wildman–Crippen MR) is 87.2 cm³/mol. The monoisotopic (exact) mass is 319 g/mol. The Morgan fingerprint density at radius 2 is 1.76 bits per heavy atom. The van der Waals surface area contributed by atoms with E-state index in [1.54, 1.807) is 18.2 Å². The van der Waals surface area contributed by atoms with Crippen LogP contribution in [0.2, 0.25) is 10.0 Å². The minimum Gasteiger partial charge on any atom is -0.324 e. The van der Waals surface area contributed by atoms with Crippen LogP contribution in [-0.2, 0) is 10.2 Å². The van der Waals surface area contributed by atoms with E-state index >= 15 is 0 Å². The fraction of sp³-hybridized carbons (Fsp3) is 0.235. The number of hydrogen-bond acceptors (Lipinski definition) is 1. The van der Waals surface area contributed by atoms with Gasteiger partial charge in [0.15, 0.2) is 0 Å². The van der Waals surface area contributed by atoms with Gasteiger partial charge < -0.3 is 5.32 Å². The van der Waals surface area contributed by atoms with Crippen molar-refractivity contribution >= 4 is 34.8 Å². The zero-order chi connectivity index (χ0) is 15.0. The Bertz CT molecular complexity index is 690. The summed E-state index contributed by atoms with van der Waals surface area (Å²) in [7, 11) is 0. The van der Waals surface area contributed by atoms with Crippen LogP contribution in [0.25, 0.3) is 0 Å². The molecule has 2 aromatic rings. The predicted octanol–water partition coefficient (Wildman–Crippen LogP) is 4.97. The third-order valence-electron chi connectivity index (χ3n) is 3.97. The molecule has 0 atom stereocenters. The van der Waals surface area contributed by atoms with Crippen LogP contribution in [0.5, 0.6) is 0 Å². The topological polar surface area (TPSA) is 29.1 Å². The number of hydrogen-bond donors (Lipinski definition) is 1. The summed E-state index contributed by atoms with van der Waals surface area (Å²) in [5.41, 5.74) is 2.45. The van der Waals surface area contributed by atoms with Crippen molar-refractivity contribution in [3.8, 4) is 0 Å². The Labute approximate surface area is 134 Å². The number of anilines is 1. The highest BCUT2D eigenvalue weighted by molar-refractivity contribution is 6.36. The Kier molecular flexibility index (Phi) is 3.68. The number of amides is 1. The first kappa shape index (κ1) is 14.4. The van der Waals surface area contributed by atoms with Crippen molar-refractivity contribution in [1.29, 1.82) is 0 Å². The van der Waals surface area contributed by atoms with E-state index in [0.29, 0.717) is 15.7 Å². The summed E-state index contributed by atoms with van der Waals surface area (Å²) in [6, 6.07) is 13.2. The van der Waals surface area contributed by atoms with Crippen LogP contribution in [0.15, 0.2) is 42.5 Å². The van der Waals surface area contributed by atoms with Crippen LogP contribution < -0.4 is 5.32 Å².